The summed E-state index contributed by atoms with van der Waals surface area (Å²) >= 11 is 0. The summed E-state index contributed by atoms with van der Waals surface area (Å²) < 4.78 is 17.6. The van der Waals surface area contributed by atoms with Gasteiger partial charge in [-0.1, -0.05) is 62.4 Å². The van der Waals surface area contributed by atoms with Gasteiger partial charge in [0, 0.05) is 10.6 Å². The fraction of sp³-hybridized carbons (Fsp3) is 0.348. The molecular formula is C23H29N3O5S. The van der Waals surface area contributed by atoms with Crippen LogP contribution in [0.5, 0.6) is 0 Å². The van der Waals surface area contributed by atoms with Crippen LogP contribution in [-0.2, 0) is 31.7 Å². The van der Waals surface area contributed by atoms with E-state index in [1.807, 2.05) is 36.4 Å². The molecule has 0 heterocycles. The number of carbonyl (C=O) groups is 3. The Hall–Kier alpha value is -3.20. The molecule has 0 aliphatic heterocycles. The maximum Gasteiger partial charge on any atom is 0.408 e. The minimum absolute atomic E-state index is 0.0638. The molecule has 0 unspecified atom stereocenters. The Labute approximate surface area is 190 Å². The Morgan fingerprint density at radius 2 is 1.56 bits per heavy atom. The van der Waals surface area contributed by atoms with Crippen LogP contribution in [0.3, 0.4) is 0 Å². The van der Waals surface area contributed by atoms with Gasteiger partial charge in [0.1, 0.15) is 18.7 Å². The van der Waals surface area contributed by atoms with Crippen LogP contribution in [0.1, 0.15) is 25.8 Å². The van der Waals surface area contributed by atoms with Crippen LogP contribution < -0.4 is 16.4 Å². The van der Waals surface area contributed by atoms with Crippen molar-refractivity contribution in [2.75, 3.05) is 5.75 Å². The molecule has 3 atom stereocenters. The molecule has 2 rings (SSSR count). The largest absolute Gasteiger partial charge is 0.445 e. The van der Waals surface area contributed by atoms with E-state index in [9.17, 15) is 18.6 Å². The van der Waals surface area contributed by atoms with Gasteiger partial charge in [0.2, 0.25) is 11.8 Å². The number of amides is 3. The van der Waals surface area contributed by atoms with Gasteiger partial charge in [-0.3, -0.25) is 13.8 Å². The molecule has 0 aliphatic carbocycles. The van der Waals surface area contributed by atoms with Crippen molar-refractivity contribution in [2.45, 2.75) is 43.9 Å². The maximum atomic E-state index is 12.8. The first-order valence-electron chi connectivity index (χ1n) is 10.3. The second-order valence-corrected chi connectivity index (χ2v) is 9.11. The zero-order valence-electron chi connectivity index (χ0n) is 18.2. The molecule has 32 heavy (non-hydrogen) atoms. The summed E-state index contributed by atoms with van der Waals surface area (Å²) in [5, 5.41) is 5.10. The zero-order valence-corrected chi connectivity index (χ0v) is 19.0. The molecule has 2 aromatic rings. The van der Waals surface area contributed by atoms with Crippen molar-refractivity contribution in [3.8, 4) is 0 Å². The van der Waals surface area contributed by atoms with E-state index in [0.717, 1.165) is 5.56 Å². The highest BCUT2D eigenvalue weighted by molar-refractivity contribution is 7.85. The number of primary amides is 1. The van der Waals surface area contributed by atoms with Crippen molar-refractivity contribution in [3.05, 3.63) is 66.2 Å². The predicted octanol–water partition coefficient (Wildman–Crippen LogP) is 2.11. The van der Waals surface area contributed by atoms with E-state index in [-0.39, 0.29) is 24.7 Å². The van der Waals surface area contributed by atoms with Gasteiger partial charge in [0.05, 0.1) is 10.8 Å². The minimum Gasteiger partial charge on any atom is -0.445 e. The first kappa shape index (κ1) is 25.1. The number of carbonyl (C=O) groups excluding carboxylic acids is 3. The topological polar surface area (TPSA) is 128 Å². The van der Waals surface area contributed by atoms with Gasteiger partial charge in [0.25, 0.3) is 0 Å². The third kappa shape index (κ3) is 8.14. The number of nitrogens with one attached hydrogen (secondary N) is 2. The third-order valence-electron chi connectivity index (χ3n) is 4.69. The molecular weight excluding hydrogens is 430 g/mol. The molecule has 2 aromatic carbocycles. The van der Waals surface area contributed by atoms with Crippen molar-refractivity contribution in [1.29, 1.82) is 0 Å². The lowest BCUT2D eigenvalue weighted by molar-refractivity contribution is -0.129. The Kier molecular flexibility index (Phi) is 9.87. The van der Waals surface area contributed by atoms with Crippen LogP contribution in [0.25, 0.3) is 0 Å². The van der Waals surface area contributed by atoms with Crippen molar-refractivity contribution >= 4 is 28.7 Å². The normalized spacial score (nSPS) is 13.6. The SMILES string of the molecule is CC(C)[C@@H](NC(=O)OCc1ccccc1)C(=O)N[C@@H](CC[S@@](=O)c1ccccc1)C(N)=O. The molecule has 0 aromatic heterocycles. The fourth-order valence-corrected chi connectivity index (χ4v) is 4.03. The fourth-order valence-electron chi connectivity index (χ4n) is 2.89. The van der Waals surface area contributed by atoms with E-state index < -0.39 is 40.8 Å². The molecule has 0 saturated heterocycles. The summed E-state index contributed by atoms with van der Waals surface area (Å²) in [7, 11) is -1.33. The summed E-state index contributed by atoms with van der Waals surface area (Å²) in [6.45, 7) is 3.57. The Bertz CT molecular complexity index is 922. The first-order valence-corrected chi connectivity index (χ1v) is 11.6. The minimum atomic E-state index is -1.33. The van der Waals surface area contributed by atoms with Gasteiger partial charge < -0.3 is 21.1 Å². The molecule has 4 N–H and O–H groups in total. The van der Waals surface area contributed by atoms with Crippen molar-refractivity contribution in [3.63, 3.8) is 0 Å². The summed E-state index contributed by atoms with van der Waals surface area (Å²) in [6.07, 6.45) is -0.644. The smallest absolute Gasteiger partial charge is 0.408 e. The molecule has 8 nitrogen and oxygen atoms in total. The van der Waals surface area contributed by atoms with Gasteiger partial charge in [-0.05, 0) is 30.0 Å². The van der Waals surface area contributed by atoms with Crippen LogP contribution in [0.4, 0.5) is 4.79 Å². The number of alkyl carbamates (subject to hydrolysis) is 1. The summed E-state index contributed by atoms with van der Waals surface area (Å²) in [4.78, 5) is 37.4. The summed E-state index contributed by atoms with van der Waals surface area (Å²) in [5.74, 6) is -1.42. The first-order chi connectivity index (χ1) is 15.3. The van der Waals surface area contributed by atoms with Gasteiger partial charge in [0.15, 0.2) is 0 Å². The Morgan fingerprint density at radius 3 is 2.12 bits per heavy atom. The molecule has 0 aliphatic rings. The predicted molar refractivity (Wildman–Crippen MR) is 122 cm³/mol. The highest BCUT2D eigenvalue weighted by atomic mass is 32.2. The second-order valence-electron chi connectivity index (χ2n) is 7.54. The van der Waals surface area contributed by atoms with E-state index in [1.54, 1.807) is 38.1 Å². The molecule has 0 radical (unpaired) electrons. The quantitative estimate of drug-likeness (QED) is 0.474. The highest BCUT2D eigenvalue weighted by Gasteiger charge is 2.28. The van der Waals surface area contributed by atoms with E-state index >= 15 is 0 Å². The van der Waals surface area contributed by atoms with Crippen LogP contribution in [0, 0.1) is 5.92 Å². The van der Waals surface area contributed by atoms with Crippen molar-refractivity contribution < 1.29 is 23.3 Å². The Morgan fingerprint density at radius 1 is 0.969 bits per heavy atom. The lowest BCUT2D eigenvalue weighted by Gasteiger charge is -2.24. The molecule has 3 amide bonds. The monoisotopic (exact) mass is 459 g/mol. The van der Waals surface area contributed by atoms with Crippen LogP contribution in [0.2, 0.25) is 0 Å². The standard InChI is InChI=1S/C23H29N3O5S/c1-16(2)20(26-23(29)31-15-17-9-5-3-6-10-17)22(28)25-19(21(24)27)13-14-32(30)18-11-7-4-8-12-18/h3-12,16,19-20H,13-15H2,1-2H3,(H2,24,27)(H,25,28)(H,26,29)/t19-,20+,32+/m0/s1. The van der Waals surface area contributed by atoms with Crippen molar-refractivity contribution in [2.24, 2.45) is 11.7 Å². The van der Waals surface area contributed by atoms with E-state index in [0.29, 0.717) is 4.90 Å². The number of ether oxygens (including phenoxy) is 1. The number of nitrogens with two attached hydrogens (primary N) is 1. The number of rotatable bonds is 11. The molecule has 0 bridgehead atoms. The van der Waals surface area contributed by atoms with Gasteiger partial charge >= 0.3 is 6.09 Å². The van der Waals surface area contributed by atoms with E-state index in [1.165, 1.54) is 0 Å². The number of hydrogen-bond donors (Lipinski definition) is 3. The Balaban J connectivity index is 1.92. The average Bonchev–Trinajstić information content (AvgIpc) is 2.79. The number of hydrogen-bond acceptors (Lipinski definition) is 5. The van der Waals surface area contributed by atoms with E-state index in [4.69, 9.17) is 10.5 Å². The zero-order chi connectivity index (χ0) is 23.5. The lowest BCUT2D eigenvalue weighted by Crippen LogP contribution is -2.55. The van der Waals surface area contributed by atoms with Gasteiger partial charge in [-0.2, -0.15) is 0 Å². The summed E-state index contributed by atoms with van der Waals surface area (Å²) in [5.41, 5.74) is 6.25. The van der Waals surface area contributed by atoms with Gasteiger partial charge in [-0.15, -0.1) is 0 Å². The highest BCUT2D eigenvalue weighted by Crippen LogP contribution is 2.09. The molecule has 0 fully saturated rings. The number of benzene rings is 2. The third-order valence-corrected chi connectivity index (χ3v) is 6.10. The van der Waals surface area contributed by atoms with Crippen LogP contribution in [-0.4, -0.2) is 40.0 Å². The average molecular weight is 460 g/mol. The van der Waals surface area contributed by atoms with Crippen molar-refractivity contribution in [1.82, 2.24) is 10.6 Å². The second kappa shape index (κ2) is 12.6. The lowest BCUT2D eigenvalue weighted by atomic mass is 10.0. The molecule has 0 spiro atoms. The van der Waals surface area contributed by atoms with E-state index in [2.05, 4.69) is 10.6 Å². The summed E-state index contributed by atoms with van der Waals surface area (Å²) in [6, 6.07) is 16.0. The maximum absolute atomic E-state index is 12.8. The van der Waals surface area contributed by atoms with Crippen LogP contribution in [0.15, 0.2) is 65.6 Å². The van der Waals surface area contributed by atoms with Crippen LogP contribution >= 0.6 is 0 Å². The molecule has 9 heteroatoms. The van der Waals surface area contributed by atoms with Gasteiger partial charge in [-0.25, -0.2) is 4.79 Å². The molecule has 0 saturated carbocycles. The molecule has 172 valence electrons.